The van der Waals surface area contributed by atoms with Gasteiger partial charge >= 0.3 is 0 Å². The molecule has 90 valence electrons. The van der Waals surface area contributed by atoms with E-state index in [1.165, 1.54) is 0 Å². The smallest absolute Gasteiger partial charge is 0.212 e. The quantitative estimate of drug-likeness (QED) is 0.765. The molecule has 0 aromatic carbocycles. The molecule has 0 spiro atoms. The number of rotatable bonds is 3. The molecule has 0 bridgehead atoms. The van der Waals surface area contributed by atoms with E-state index in [1.54, 1.807) is 0 Å². The van der Waals surface area contributed by atoms with E-state index in [0.29, 0.717) is 12.8 Å². The Hall–Kier alpha value is -0.600. The van der Waals surface area contributed by atoms with Crippen LogP contribution in [0.4, 0.5) is 0 Å². The molecule has 0 saturated heterocycles. The summed E-state index contributed by atoms with van der Waals surface area (Å²) in [7, 11) is -3.25. The van der Waals surface area contributed by atoms with E-state index >= 15 is 0 Å². The molecule has 0 amide bonds. The molecular formula is C11H18N2O2S. The van der Waals surface area contributed by atoms with Crippen molar-refractivity contribution in [2.75, 3.05) is 0 Å². The van der Waals surface area contributed by atoms with E-state index in [4.69, 9.17) is 0 Å². The van der Waals surface area contributed by atoms with Crippen LogP contribution in [0.1, 0.15) is 51.4 Å². The second-order valence-electron chi connectivity index (χ2n) is 4.95. The zero-order valence-electron chi connectivity index (χ0n) is 9.41. The summed E-state index contributed by atoms with van der Waals surface area (Å²) in [5, 5.41) is 9.02. The fourth-order valence-electron chi connectivity index (χ4n) is 2.30. The second kappa shape index (κ2) is 4.34. The highest BCUT2D eigenvalue weighted by Crippen LogP contribution is 2.32. The molecule has 2 aliphatic carbocycles. The maximum Gasteiger partial charge on any atom is 0.215 e. The van der Waals surface area contributed by atoms with Gasteiger partial charge in [0, 0.05) is 0 Å². The number of nitrogens with one attached hydrogen (secondary N) is 1. The first kappa shape index (κ1) is 11.9. The summed E-state index contributed by atoms with van der Waals surface area (Å²) in [6.45, 7) is 0. The molecule has 0 aromatic heterocycles. The average Bonchev–Trinajstić information content (AvgIpc) is 3.05. The van der Waals surface area contributed by atoms with Crippen molar-refractivity contribution in [3.05, 3.63) is 0 Å². The molecule has 0 atom stereocenters. The standard InChI is InChI=1S/C11H18N2O2S/c12-9-11(7-3-1-2-4-8-11)13-16(14,15)10-5-6-10/h10,13H,1-8H2. The molecule has 2 saturated carbocycles. The number of nitrogens with zero attached hydrogens (tertiary/aromatic N) is 1. The van der Waals surface area contributed by atoms with Crippen LogP contribution in [-0.4, -0.2) is 19.2 Å². The molecule has 5 heteroatoms. The molecule has 0 heterocycles. The van der Waals surface area contributed by atoms with Crippen molar-refractivity contribution in [1.29, 1.82) is 5.26 Å². The van der Waals surface area contributed by atoms with Gasteiger partial charge in [-0.05, 0) is 25.7 Å². The molecular weight excluding hydrogens is 224 g/mol. The molecule has 2 fully saturated rings. The lowest BCUT2D eigenvalue weighted by Gasteiger charge is -2.25. The van der Waals surface area contributed by atoms with E-state index < -0.39 is 15.6 Å². The fraction of sp³-hybridized carbons (Fsp3) is 0.909. The van der Waals surface area contributed by atoms with Crippen LogP contribution in [0, 0.1) is 11.3 Å². The summed E-state index contributed by atoms with van der Waals surface area (Å²) in [6.07, 6.45) is 6.92. The molecule has 0 unspecified atom stereocenters. The van der Waals surface area contributed by atoms with E-state index in [2.05, 4.69) is 10.8 Å². The largest absolute Gasteiger partial charge is 0.215 e. The fourth-order valence-corrected chi connectivity index (χ4v) is 4.02. The molecule has 1 N–H and O–H groups in total. The Morgan fingerprint density at radius 3 is 2.12 bits per heavy atom. The van der Waals surface area contributed by atoms with Gasteiger partial charge in [0.05, 0.1) is 11.3 Å². The molecule has 4 nitrogen and oxygen atoms in total. The SMILES string of the molecule is N#CC1(NS(=O)(=O)C2CC2)CCCCCC1. The predicted octanol–water partition coefficient (Wildman–Crippen LogP) is 1.68. The van der Waals surface area contributed by atoms with Crippen molar-refractivity contribution in [1.82, 2.24) is 4.72 Å². The van der Waals surface area contributed by atoms with Crippen LogP contribution in [0.25, 0.3) is 0 Å². The van der Waals surface area contributed by atoms with Crippen LogP contribution in [-0.2, 0) is 10.0 Å². The number of sulfonamides is 1. The van der Waals surface area contributed by atoms with Gasteiger partial charge in [0.2, 0.25) is 10.0 Å². The number of hydrogen-bond donors (Lipinski definition) is 1. The van der Waals surface area contributed by atoms with Crippen molar-refractivity contribution in [2.24, 2.45) is 0 Å². The van der Waals surface area contributed by atoms with Crippen molar-refractivity contribution in [2.45, 2.75) is 62.2 Å². The monoisotopic (exact) mass is 242 g/mol. The zero-order chi connectivity index (χ0) is 11.6. The number of nitriles is 1. The Morgan fingerprint density at radius 1 is 1.12 bits per heavy atom. The van der Waals surface area contributed by atoms with Crippen LogP contribution in [0.5, 0.6) is 0 Å². The highest BCUT2D eigenvalue weighted by atomic mass is 32.2. The summed E-state index contributed by atoms with van der Waals surface area (Å²) >= 11 is 0. The van der Waals surface area contributed by atoms with Crippen molar-refractivity contribution >= 4 is 10.0 Å². The third kappa shape index (κ3) is 2.55. The third-order valence-corrected chi connectivity index (χ3v) is 5.50. The minimum absolute atomic E-state index is 0.235. The molecule has 0 radical (unpaired) electrons. The van der Waals surface area contributed by atoms with Crippen molar-refractivity contribution in [3.63, 3.8) is 0 Å². The Kier molecular flexibility index (Phi) is 3.22. The van der Waals surface area contributed by atoms with E-state index in [0.717, 1.165) is 38.5 Å². The topological polar surface area (TPSA) is 70.0 Å². The molecule has 0 aliphatic heterocycles. The van der Waals surface area contributed by atoms with E-state index in [-0.39, 0.29) is 5.25 Å². The average molecular weight is 242 g/mol. The van der Waals surface area contributed by atoms with Crippen LogP contribution >= 0.6 is 0 Å². The summed E-state index contributed by atoms with van der Waals surface area (Å²) in [5.74, 6) is 0. The van der Waals surface area contributed by atoms with Crippen molar-refractivity contribution < 1.29 is 8.42 Å². The van der Waals surface area contributed by atoms with Gasteiger partial charge in [-0.2, -0.15) is 9.98 Å². The summed E-state index contributed by atoms with van der Waals surface area (Å²) < 4.78 is 26.4. The number of hydrogen-bond acceptors (Lipinski definition) is 3. The lowest BCUT2D eigenvalue weighted by Crippen LogP contribution is -2.48. The molecule has 16 heavy (non-hydrogen) atoms. The molecule has 0 aromatic rings. The molecule has 2 aliphatic rings. The van der Waals surface area contributed by atoms with Crippen molar-refractivity contribution in [3.8, 4) is 6.07 Å². The van der Waals surface area contributed by atoms with Gasteiger partial charge in [0.25, 0.3) is 0 Å². The lowest BCUT2D eigenvalue weighted by atomic mass is 9.94. The maximum atomic E-state index is 11.9. The zero-order valence-corrected chi connectivity index (χ0v) is 10.2. The minimum Gasteiger partial charge on any atom is -0.212 e. The minimum atomic E-state index is -3.25. The van der Waals surface area contributed by atoms with E-state index in [1.807, 2.05) is 0 Å². The second-order valence-corrected chi connectivity index (χ2v) is 6.92. The summed E-state index contributed by atoms with van der Waals surface area (Å²) in [5.41, 5.74) is -0.822. The van der Waals surface area contributed by atoms with Crippen LogP contribution in [0.2, 0.25) is 0 Å². The first-order valence-corrected chi connectivity index (χ1v) is 7.57. The highest BCUT2D eigenvalue weighted by Gasteiger charge is 2.42. The third-order valence-electron chi connectivity index (χ3n) is 3.47. The van der Waals surface area contributed by atoms with Crippen LogP contribution in [0.3, 0.4) is 0 Å². The van der Waals surface area contributed by atoms with Gasteiger partial charge in [-0.25, -0.2) is 8.42 Å². The van der Waals surface area contributed by atoms with Gasteiger partial charge in [-0.1, -0.05) is 25.7 Å². The first-order chi connectivity index (χ1) is 7.58. The van der Waals surface area contributed by atoms with Gasteiger partial charge < -0.3 is 0 Å². The summed E-state index contributed by atoms with van der Waals surface area (Å²) in [4.78, 5) is 0. The maximum absolute atomic E-state index is 11.9. The molecule has 2 rings (SSSR count). The van der Waals surface area contributed by atoms with Crippen LogP contribution in [0.15, 0.2) is 0 Å². The Balaban J connectivity index is 2.11. The van der Waals surface area contributed by atoms with E-state index in [9.17, 15) is 13.7 Å². The van der Waals surface area contributed by atoms with Gasteiger partial charge in [-0.15, -0.1) is 0 Å². The van der Waals surface area contributed by atoms with Gasteiger partial charge in [0.1, 0.15) is 5.54 Å². The normalized spacial score (nSPS) is 25.7. The highest BCUT2D eigenvalue weighted by molar-refractivity contribution is 7.90. The lowest BCUT2D eigenvalue weighted by molar-refractivity contribution is 0.421. The van der Waals surface area contributed by atoms with Gasteiger partial charge in [-0.3, -0.25) is 0 Å². The van der Waals surface area contributed by atoms with Gasteiger partial charge in [0.15, 0.2) is 0 Å². The predicted molar refractivity (Wildman–Crippen MR) is 61.1 cm³/mol. The Morgan fingerprint density at radius 2 is 1.69 bits per heavy atom. The van der Waals surface area contributed by atoms with Crippen LogP contribution < -0.4 is 4.72 Å². The summed E-state index contributed by atoms with van der Waals surface area (Å²) in [6, 6.07) is 2.21. The first-order valence-electron chi connectivity index (χ1n) is 6.02. The Bertz CT molecular complexity index is 385. The Labute approximate surface area is 97.1 Å².